The molecule has 0 bridgehead atoms. The lowest BCUT2D eigenvalue weighted by atomic mass is 9.94. The van der Waals surface area contributed by atoms with Crippen LogP contribution in [0.1, 0.15) is 33.4 Å². The third kappa shape index (κ3) is 4.68. The van der Waals surface area contributed by atoms with Crippen molar-refractivity contribution >= 4 is 8.32 Å². The molecule has 7 nitrogen and oxygen atoms in total. The SMILES string of the molecule is C=CCC1C(OC)[C@H](n2ccc(=O)[nH]c2=O)O[C@@H]1CO[Si](C)(C)C(C)(C)C. The molecule has 152 valence electrons. The highest BCUT2D eigenvalue weighted by molar-refractivity contribution is 6.74. The smallest absolute Gasteiger partial charge is 0.330 e. The van der Waals surface area contributed by atoms with E-state index < -0.39 is 25.8 Å². The highest BCUT2D eigenvalue weighted by atomic mass is 28.4. The van der Waals surface area contributed by atoms with E-state index in [1.165, 1.54) is 16.8 Å². The summed E-state index contributed by atoms with van der Waals surface area (Å²) in [6.07, 6.45) is 2.75. The van der Waals surface area contributed by atoms with Crippen molar-refractivity contribution in [2.24, 2.45) is 5.92 Å². The molecule has 1 aliphatic heterocycles. The fraction of sp³-hybridized carbons (Fsp3) is 0.684. The number of nitrogens with zero attached hydrogens (tertiary/aromatic N) is 1. The monoisotopic (exact) mass is 396 g/mol. The summed E-state index contributed by atoms with van der Waals surface area (Å²) in [6, 6.07) is 1.31. The Hall–Kier alpha value is -1.48. The van der Waals surface area contributed by atoms with Crippen molar-refractivity contribution in [3.8, 4) is 0 Å². The van der Waals surface area contributed by atoms with Crippen LogP contribution >= 0.6 is 0 Å². The number of rotatable bonds is 7. The van der Waals surface area contributed by atoms with Crippen LogP contribution in [0.4, 0.5) is 0 Å². The van der Waals surface area contributed by atoms with Crippen molar-refractivity contribution in [3.05, 3.63) is 45.8 Å². The molecule has 1 N–H and O–H groups in total. The lowest BCUT2D eigenvalue weighted by molar-refractivity contribution is -0.0613. The molecule has 1 fully saturated rings. The van der Waals surface area contributed by atoms with Crippen LogP contribution in [0.2, 0.25) is 18.1 Å². The first-order valence-electron chi connectivity index (χ1n) is 9.26. The summed E-state index contributed by atoms with van der Waals surface area (Å²) in [5, 5.41) is 0.0927. The van der Waals surface area contributed by atoms with E-state index in [1.807, 2.05) is 6.08 Å². The third-order valence-corrected chi connectivity index (χ3v) is 10.2. The average molecular weight is 397 g/mol. The average Bonchev–Trinajstić information content (AvgIpc) is 2.90. The molecular weight excluding hydrogens is 364 g/mol. The predicted molar refractivity (Wildman–Crippen MR) is 107 cm³/mol. The van der Waals surface area contributed by atoms with Gasteiger partial charge in [0.2, 0.25) is 0 Å². The Morgan fingerprint density at radius 3 is 2.56 bits per heavy atom. The second-order valence-electron chi connectivity index (χ2n) is 8.54. The fourth-order valence-electron chi connectivity index (χ4n) is 3.07. The summed E-state index contributed by atoms with van der Waals surface area (Å²) in [7, 11) is -0.337. The molecule has 4 atom stereocenters. The molecule has 2 unspecified atom stereocenters. The zero-order valence-electron chi connectivity index (χ0n) is 17.2. The molecular formula is C19H32N2O5Si. The van der Waals surface area contributed by atoms with Gasteiger partial charge in [0.05, 0.1) is 12.7 Å². The van der Waals surface area contributed by atoms with Gasteiger partial charge in [-0.2, -0.15) is 0 Å². The second-order valence-corrected chi connectivity index (χ2v) is 13.4. The van der Waals surface area contributed by atoms with Crippen LogP contribution in [0.25, 0.3) is 0 Å². The highest BCUT2D eigenvalue weighted by Crippen LogP contribution is 2.40. The van der Waals surface area contributed by atoms with Crippen LogP contribution in [0.3, 0.4) is 0 Å². The molecule has 8 heteroatoms. The minimum absolute atomic E-state index is 0.00102. The Bertz CT molecular complexity index is 764. The quantitative estimate of drug-likeness (QED) is 0.566. The van der Waals surface area contributed by atoms with Crippen molar-refractivity contribution in [1.29, 1.82) is 0 Å². The minimum atomic E-state index is -1.94. The van der Waals surface area contributed by atoms with Crippen molar-refractivity contribution in [1.82, 2.24) is 9.55 Å². The summed E-state index contributed by atoms with van der Waals surface area (Å²) in [4.78, 5) is 25.9. The fourth-order valence-corrected chi connectivity index (χ4v) is 4.09. The first-order chi connectivity index (χ1) is 12.5. The largest absolute Gasteiger partial charge is 0.414 e. The molecule has 0 aromatic carbocycles. The molecule has 0 saturated carbocycles. The molecule has 0 radical (unpaired) electrons. The molecule has 2 heterocycles. The standard InChI is InChI=1S/C19H32N2O5Si/c1-8-9-13-14(12-25-27(6,7)19(2,3)4)26-17(16(13)24-5)21-11-10-15(22)20-18(21)23/h8,10-11,13-14,16-17H,1,9,12H2,2-7H3,(H,20,22,23)/t13?,14-,16?,17-/m1/s1. The van der Waals surface area contributed by atoms with E-state index in [0.717, 1.165) is 0 Å². The predicted octanol–water partition coefficient (Wildman–Crippen LogP) is 2.66. The molecule has 0 amide bonds. The molecule has 27 heavy (non-hydrogen) atoms. The van der Waals surface area contributed by atoms with Gasteiger partial charge < -0.3 is 13.9 Å². The van der Waals surface area contributed by atoms with Gasteiger partial charge in [0.1, 0.15) is 6.10 Å². The Morgan fingerprint density at radius 2 is 2.04 bits per heavy atom. The van der Waals surface area contributed by atoms with Gasteiger partial charge in [0, 0.05) is 25.3 Å². The highest BCUT2D eigenvalue weighted by Gasteiger charge is 2.47. The summed E-state index contributed by atoms with van der Waals surface area (Å²) in [5.41, 5.74) is -0.957. The molecule has 0 spiro atoms. The van der Waals surface area contributed by atoms with Crippen LogP contribution in [0.5, 0.6) is 0 Å². The van der Waals surface area contributed by atoms with E-state index in [0.29, 0.717) is 13.0 Å². The van der Waals surface area contributed by atoms with Crippen molar-refractivity contribution in [2.45, 2.75) is 63.8 Å². The van der Waals surface area contributed by atoms with Gasteiger partial charge in [-0.1, -0.05) is 26.8 Å². The van der Waals surface area contributed by atoms with Crippen LogP contribution in [0.15, 0.2) is 34.5 Å². The number of allylic oxidation sites excluding steroid dienone is 1. The normalized spacial score (nSPS) is 26.3. The van der Waals surface area contributed by atoms with Gasteiger partial charge in [-0.15, -0.1) is 6.58 Å². The maximum absolute atomic E-state index is 12.2. The zero-order valence-corrected chi connectivity index (χ0v) is 18.2. The number of methoxy groups -OCH3 is 1. The van der Waals surface area contributed by atoms with Crippen LogP contribution in [-0.4, -0.2) is 43.8 Å². The summed E-state index contributed by atoms with van der Waals surface area (Å²) in [6.45, 7) is 15.2. The number of aromatic amines is 1. The molecule has 1 aromatic rings. The van der Waals surface area contributed by atoms with Crippen LogP contribution in [-0.2, 0) is 13.9 Å². The zero-order chi connectivity index (χ0) is 20.4. The lowest BCUT2D eigenvalue weighted by Gasteiger charge is -2.37. The number of hydrogen-bond acceptors (Lipinski definition) is 5. The summed E-state index contributed by atoms with van der Waals surface area (Å²) in [5.74, 6) is 0.00102. The maximum atomic E-state index is 12.2. The lowest BCUT2D eigenvalue weighted by Crippen LogP contribution is -2.43. The number of aromatic nitrogens is 2. The van der Waals surface area contributed by atoms with Crippen molar-refractivity contribution < 1.29 is 13.9 Å². The van der Waals surface area contributed by atoms with Gasteiger partial charge >= 0.3 is 5.69 Å². The van der Waals surface area contributed by atoms with Gasteiger partial charge in [-0.25, -0.2) is 4.79 Å². The number of H-pyrrole nitrogens is 1. The van der Waals surface area contributed by atoms with Gasteiger partial charge in [0.25, 0.3) is 5.56 Å². The minimum Gasteiger partial charge on any atom is -0.414 e. The molecule has 1 aromatic heterocycles. The van der Waals surface area contributed by atoms with E-state index >= 15 is 0 Å². The molecule has 0 aliphatic carbocycles. The van der Waals surface area contributed by atoms with E-state index in [2.05, 4.69) is 45.4 Å². The van der Waals surface area contributed by atoms with Gasteiger partial charge in [-0.3, -0.25) is 14.3 Å². The molecule has 1 aliphatic rings. The Balaban J connectivity index is 2.28. The Kier molecular flexibility index (Phi) is 6.67. The van der Waals surface area contributed by atoms with Gasteiger partial charge in [0.15, 0.2) is 14.5 Å². The van der Waals surface area contributed by atoms with E-state index in [9.17, 15) is 9.59 Å². The summed E-state index contributed by atoms with van der Waals surface area (Å²) < 4.78 is 19.6. The first-order valence-corrected chi connectivity index (χ1v) is 12.2. The number of nitrogens with one attached hydrogen (secondary N) is 1. The summed E-state index contributed by atoms with van der Waals surface area (Å²) >= 11 is 0. The van der Waals surface area contributed by atoms with Crippen molar-refractivity contribution in [2.75, 3.05) is 13.7 Å². The number of ether oxygens (including phenoxy) is 2. The first kappa shape index (κ1) is 21.8. The Labute approximate surface area is 161 Å². The molecule has 2 rings (SSSR count). The van der Waals surface area contributed by atoms with E-state index in [1.54, 1.807) is 7.11 Å². The topological polar surface area (TPSA) is 82.6 Å². The van der Waals surface area contributed by atoms with Crippen LogP contribution < -0.4 is 11.2 Å². The van der Waals surface area contributed by atoms with Crippen molar-refractivity contribution in [3.63, 3.8) is 0 Å². The maximum Gasteiger partial charge on any atom is 0.330 e. The Morgan fingerprint density at radius 1 is 1.37 bits per heavy atom. The second kappa shape index (κ2) is 8.26. The van der Waals surface area contributed by atoms with E-state index in [-0.39, 0.29) is 23.2 Å². The third-order valence-electron chi connectivity index (χ3n) is 5.75. The van der Waals surface area contributed by atoms with Crippen LogP contribution in [0, 0.1) is 5.92 Å². The number of hydrogen-bond donors (Lipinski definition) is 1. The van der Waals surface area contributed by atoms with E-state index in [4.69, 9.17) is 13.9 Å². The molecule has 1 saturated heterocycles. The van der Waals surface area contributed by atoms with Gasteiger partial charge in [-0.05, 0) is 24.6 Å².